The molecule has 114 valence electrons. The summed E-state index contributed by atoms with van der Waals surface area (Å²) >= 11 is 6.04. The highest BCUT2D eigenvalue weighted by molar-refractivity contribution is 6.32. The molecule has 1 unspecified atom stereocenters. The van der Waals surface area contributed by atoms with E-state index in [0.29, 0.717) is 5.69 Å². The maximum atomic E-state index is 11.9. The van der Waals surface area contributed by atoms with Crippen LogP contribution in [0.1, 0.15) is 19.1 Å². The van der Waals surface area contributed by atoms with Crippen molar-refractivity contribution in [2.75, 3.05) is 11.9 Å². The summed E-state index contributed by atoms with van der Waals surface area (Å²) in [5.41, 5.74) is 0.0942. The molecule has 0 aliphatic heterocycles. The van der Waals surface area contributed by atoms with Gasteiger partial charge in [-0.2, -0.15) is 5.10 Å². The Labute approximate surface area is 127 Å². The lowest BCUT2D eigenvalue weighted by atomic mass is 10.1. The highest BCUT2D eigenvalue weighted by atomic mass is 35.5. The van der Waals surface area contributed by atoms with Crippen LogP contribution in [0.3, 0.4) is 0 Å². The van der Waals surface area contributed by atoms with Crippen LogP contribution < -0.4 is 10.9 Å². The summed E-state index contributed by atoms with van der Waals surface area (Å²) in [6.07, 6.45) is 4.79. The van der Waals surface area contributed by atoms with Gasteiger partial charge in [0, 0.05) is 12.5 Å². The van der Waals surface area contributed by atoms with Crippen LogP contribution >= 0.6 is 11.6 Å². The van der Waals surface area contributed by atoms with E-state index in [-0.39, 0.29) is 24.2 Å². The molecule has 2 aromatic rings. The predicted molar refractivity (Wildman–Crippen MR) is 80.7 cm³/mol. The molecule has 0 saturated carbocycles. The topological polar surface area (TPSA) is 80.3 Å². The molecule has 0 aliphatic rings. The van der Waals surface area contributed by atoms with Crippen LogP contribution in [0.2, 0.25) is 5.02 Å². The second-order valence-corrected chi connectivity index (χ2v) is 5.17. The van der Waals surface area contributed by atoms with Gasteiger partial charge in [0.1, 0.15) is 10.8 Å². The third kappa shape index (κ3) is 4.09. The van der Waals surface area contributed by atoms with Crippen LogP contribution in [0, 0.1) is 0 Å². The number of aliphatic hydroxyl groups is 1. The smallest absolute Gasteiger partial charge is 0.287 e. The molecule has 7 heteroatoms. The standard InChI is InChI=1S/C14H18ClN3O3/c1-10(4-5-11-3-2-8-21-11)17-12-9-16-18(6-7-19)14(20)13(12)15/h2-3,8-10,17,19H,4-7H2,1H3. The summed E-state index contributed by atoms with van der Waals surface area (Å²) in [4.78, 5) is 11.9. The first-order chi connectivity index (χ1) is 10.1. The summed E-state index contributed by atoms with van der Waals surface area (Å²) in [5.74, 6) is 0.922. The fourth-order valence-corrected chi connectivity index (χ4v) is 2.17. The second-order valence-electron chi connectivity index (χ2n) is 4.79. The SMILES string of the molecule is CC(CCc1ccco1)Nc1cnn(CCO)c(=O)c1Cl. The molecular weight excluding hydrogens is 294 g/mol. The fourth-order valence-electron chi connectivity index (χ4n) is 1.97. The molecular formula is C14H18ClN3O3. The summed E-state index contributed by atoms with van der Waals surface area (Å²) < 4.78 is 6.42. The Bertz CT molecular complexity index is 625. The number of aromatic nitrogens is 2. The van der Waals surface area contributed by atoms with Crippen LogP contribution in [0.5, 0.6) is 0 Å². The Morgan fingerprint density at radius 1 is 1.57 bits per heavy atom. The van der Waals surface area contributed by atoms with Gasteiger partial charge in [0.15, 0.2) is 0 Å². The molecule has 0 fully saturated rings. The zero-order valence-electron chi connectivity index (χ0n) is 11.8. The number of aryl methyl sites for hydroxylation is 1. The summed E-state index contributed by atoms with van der Waals surface area (Å²) in [6, 6.07) is 3.90. The van der Waals surface area contributed by atoms with Crippen LogP contribution in [0.4, 0.5) is 5.69 Å². The third-order valence-corrected chi connectivity index (χ3v) is 3.47. The van der Waals surface area contributed by atoms with Crippen molar-refractivity contribution in [1.82, 2.24) is 9.78 Å². The van der Waals surface area contributed by atoms with E-state index in [4.69, 9.17) is 21.1 Å². The molecule has 0 bridgehead atoms. The largest absolute Gasteiger partial charge is 0.469 e. The number of furan rings is 1. The molecule has 0 spiro atoms. The highest BCUT2D eigenvalue weighted by Crippen LogP contribution is 2.18. The van der Waals surface area contributed by atoms with E-state index >= 15 is 0 Å². The van der Waals surface area contributed by atoms with Gasteiger partial charge in [0.2, 0.25) is 0 Å². The Morgan fingerprint density at radius 3 is 3.05 bits per heavy atom. The molecule has 2 aromatic heterocycles. The van der Waals surface area contributed by atoms with Gasteiger partial charge in [-0.1, -0.05) is 11.6 Å². The minimum absolute atomic E-state index is 0.0864. The van der Waals surface area contributed by atoms with Crippen LogP contribution in [0.25, 0.3) is 0 Å². The molecule has 0 amide bonds. The molecule has 6 nitrogen and oxygen atoms in total. The number of nitrogens with zero attached hydrogens (tertiary/aromatic N) is 2. The fraction of sp³-hybridized carbons (Fsp3) is 0.429. The Balaban J connectivity index is 1.98. The van der Waals surface area contributed by atoms with E-state index in [1.807, 2.05) is 19.1 Å². The van der Waals surface area contributed by atoms with Gasteiger partial charge in [-0.05, 0) is 25.5 Å². The molecule has 0 radical (unpaired) electrons. The first-order valence-electron chi connectivity index (χ1n) is 6.77. The number of aliphatic hydroxyl groups excluding tert-OH is 1. The second kappa shape index (κ2) is 7.28. The average molecular weight is 312 g/mol. The Morgan fingerprint density at radius 2 is 2.38 bits per heavy atom. The van der Waals surface area contributed by atoms with Crippen molar-refractivity contribution in [3.63, 3.8) is 0 Å². The van der Waals surface area contributed by atoms with E-state index in [0.717, 1.165) is 23.3 Å². The van der Waals surface area contributed by atoms with E-state index < -0.39 is 5.56 Å². The van der Waals surface area contributed by atoms with Crippen molar-refractivity contribution in [1.29, 1.82) is 0 Å². The zero-order chi connectivity index (χ0) is 15.2. The normalized spacial score (nSPS) is 12.3. The lowest BCUT2D eigenvalue weighted by Crippen LogP contribution is -2.27. The Kier molecular flexibility index (Phi) is 5.41. The molecule has 0 aromatic carbocycles. The molecule has 0 aliphatic carbocycles. The van der Waals surface area contributed by atoms with Crippen molar-refractivity contribution in [2.45, 2.75) is 32.4 Å². The van der Waals surface area contributed by atoms with Crippen LogP contribution in [-0.2, 0) is 13.0 Å². The van der Waals surface area contributed by atoms with Gasteiger partial charge in [0.05, 0.1) is 31.3 Å². The van der Waals surface area contributed by atoms with Crippen molar-refractivity contribution >= 4 is 17.3 Å². The summed E-state index contributed by atoms with van der Waals surface area (Å²) in [5, 5.41) is 16.1. The van der Waals surface area contributed by atoms with Crippen LogP contribution in [0.15, 0.2) is 33.8 Å². The van der Waals surface area contributed by atoms with E-state index in [1.54, 1.807) is 6.26 Å². The lowest BCUT2D eigenvalue weighted by molar-refractivity contribution is 0.266. The number of nitrogens with one attached hydrogen (secondary N) is 1. The third-order valence-electron chi connectivity index (χ3n) is 3.10. The lowest BCUT2D eigenvalue weighted by Gasteiger charge is -2.15. The van der Waals surface area contributed by atoms with Crippen molar-refractivity contribution < 1.29 is 9.52 Å². The van der Waals surface area contributed by atoms with Gasteiger partial charge >= 0.3 is 0 Å². The number of anilines is 1. The van der Waals surface area contributed by atoms with E-state index in [1.165, 1.54) is 6.20 Å². The maximum Gasteiger partial charge on any atom is 0.287 e. The molecule has 21 heavy (non-hydrogen) atoms. The maximum absolute atomic E-state index is 11.9. The molecule has 2 N–H and O–H groups in total. The highest BCUT2D eigenvalue weighted by Gasteiger charge is 2.11. The molecule has 2 heterocycles. The number of rotatable bonds is 7. The monoisotopic (exact) mass is 311 g/mol. The summed E-state index contributed by atoms with van der Waals surface area (Å²) in [6.45, 7) is 1.97. The van der Waals surface area contributed by atoms with Gasteiger partial charge < -0.3 is 14.8 Å². The van der Waals surface area contributed by atoms with Crippen molar-refractivity contribution in [3.05, 3.63) is 45.7 Å². The zero-order valence-corrected chi connectivity index (χ0v) is 12.5. The molecule has 0 saturated heterocycles. The molecule has 1 atom stereocenters. The number of halogens is 1. The minimum atomic E-state index is -0.408. The Hall–Kier alpha value is -1.79. The predicted octanol–water partition coefficient (Wildman–Crippen LogP) is 1.92. The van der Waals surface area contributed by atoms with E-state index in [9.17, 15) is 4.79 Å². The van der Waals surface area contributed by atoms with Gasteiger partial charge in [-0.3, -0.25) is 4.79 Å². The number of hydrogen-bond acceptors (Lipinski definition) is 5. The van der Waals surface area contributed by atoms with Gasteiger partial charge in [-0.25, -0.2) is 4.68 Å². The summed E-state index contributed by atoms with van der Waals surface area (Å²) in [7, 11) is 0. The van der Waals surface area contributed by atoms with Gasteiger partial charge in [0.25, 0.3) is 5.56 Å². The van der Waals surface area contributed by atoms with Crippen LogP contribution in [-0.4, -0.2) is 27.5 Å². The number of hydrogen-bond donors (Lipinski definition) is 2. The average Bonchev–Trinajstić information content (AvgIpc) is 2.98. The quantitative estimate of drug-likeness (QED) is 0.816. The first kappa shape index (κ1) is 15.6. The molecule has 2 rings (SSSR count). The first-order valence-corrected chi connectivity index (χ1v) is 7.15. The van der Waals surface area contributed by atoms with Gasteiger partial charge in [-0.15, -0.1) is 0 Å². The van der Waals surface area contributed by atoms with Crippen molar-refractivity contribution in [3.8, 4) is 0 Å². The van der Waals surface area contributed by atoms with Crippen molar-refractivity contribution in [2.24, 2.45) is 0 Å². The minimum Gasteiger partial charge on any atom is -0.469 e. The van der Waals surface area contributed by atoms with E-state index in [2.05, 4.69) is 10.4 Å².